The first-order chi connectivity index (χ1) is 9.88. The minimum absolute atomic E-state index is 0.293. The highest BCUT2D eigenvalue weighted by atomic mass is 19.4. The summed E-state index contributed by atoms with van der Waals surface area (Å²) in [5.74, 6) is -0.842. The largest absolute Gasteiger partial charge is 0.421 e. The third-order valence-electron chi connectivity index (χ3n) is 3.81. The highest BCUT2D eigenvalue weighted by molar-refractivity contribution is 5.77. The molecule has 0 aliphatic rings. The van der Waals surface area contributed by atoms with Crippen LogP contribution >= 0.6 is 0 Å². The quantitative estimate of drug-likeness (QED) is 0.894. The van der Waals surface area contributed by atoms with E-state index in [1.54, 1.807) is 13.0 Å². The number of alkyl halides is 3. The van der Waals surface area contributed by atoms with Gasteiger partial charge in [-0.1, -0.05) is 51.1 Å². The van der Waals surface area contributed by atoms with Gasteiger partial charge in [0, 0.05) is 6.04 Å². The predicted octanol–water partition coefficient (Wildman–Crippen LogP) is 3.38. The zero-order valence-corrected chi connectivity index (χ0v) is 13.2. The van der Waals surface area contributed by atoms with E-state index in [4.69, 9.17) is 0 Å². The van der Waals surface area contributed by atoms with Crippen LogP contribution in [0.2, 0.25) is 0 Å². The minimum Gasteiger partial charge on any atom is -0.376 e. The topological polar surface area (TPSA) is 49.3 Å². The Morgan fingerprint density at radius 3 is 2.09 bits per heavy atom. The summed E-state index contributed by atoms with van der Waals surface area (Å²) < 4.78 is 39.9. The van der Waals surface area contributed by atoms with E-state index in [9.17, 15) is 23.1 Å². The SMILES string of the molecule is C[C@@H](NC(=O)C[C@@](O)(c1ccccc1)C(F)(F)F)C(C)(C)C. The number of carbonyl (C=O) groups excluding carboxylic acids is 1. The second-order valence-corrected chi connectivity index (χ2v) is 6.56. The summed E-state index contributed by atoms with van der Waals surface area (Å²) >= 11 is 0. The van der Waals surface area contributed by atoms with Gasteiger partial charge in [-0.15, -0.1) is 0 Å². The molecule has 6 heteroatoms. The Hall–Kier alpha value is -1.56. The number of amides is 1. The summed E-state index contributed by atoms with van der Waals surface area (Å²) in [4.78, 5) is 12.0. The molecule has 124 valence electrons. The van der Waals surface area contributed by atoms with E-state index < -0.39 is 24.1 Å². The van der Waals surface area contributed by atoms with Gasteiger partial charge in [0.05, 0.1) is 6.42 Å². The summed E-state index contributed by atoms with van der Waals surface area (Å²) in [7, 11) is 0. The molecular weight excluding hydrogens is 295 g/mol. The fraction of sp³-hybridized carbons (Fsp3) is 0.562. The maximum absolute atomic E-state index is 13.3. The van der Waals surface area contributed by atoms with Crippen LogP contribution in [0.1, 0.15) is 39.7 Å². The third-order valence-corrected chi connectivity index (χ3v) is 3.81. The van der Waals surface area contributed by atoms with Crippen molar-refractivity contribution >= 4 is 5.91 Å². The molecule has 1 aromatic carbocycles. The summed E-state index contributed by atoms with van der Waals surface area (Å²) in [5.41, 5.74) is -3.84. The molecule has 0 bridgehead atoms. The van der Waals surface area contributed by atoms with Gasteiger partial charge in [-0.05, 0) is 17.9 Å². The van der Waals surface area contributed by atoms with E-state index in [0.29, 0.717) is 0 Å². The zero-order valence-electron chi connectivity index (χ0n) is 13.2. The van der Waals surface area contributed by atoms with Gasteiger partial charge in [0.15, 0.2) is 5.60 Å². The Balaban J connectivity index is 3.00. The molecule has 0 saturated carbocycles. The van der Waals surface area contributed by atoms with Crippen molar-refractivity contribution in [3.05, 3.63) is 35.9 Å². The van der Waals surface area contributed by atoms with Gasteiger partial charge in [-0.25, -0.2) is 0 Å². The van der Waals surface area contributed by atoms with Crippen LogP contribution in [0, 0.1) is 5.41 Å². The molecule has 0 heterocycles. The smallest absolute Gasteiger partial charge is 0.376 e. The monoisotopic (exact) mass is 317 g/mol. The van der Waals surface area contributed by atoms with Gasteiger partial charge in [0.2, 0.25) is 5.91 Å². The van der Waals surface area contributed by atoms with Gasteiger partial charge >= 0.3 is 6.18 Å². The van der Waals surface area contributed by atoms with Crippen molar-refractivity contribution in [1.82, 2.24) is 5.32 Å². The number of aliphatic hydroxyl groups is 1. The average molecular weight is 317 g/mol. The zero-order chi connectivity index (χ0) is 17.2. The molecule has 2 atom stereocenters. The second-order valence-electron chi connectivity index (χ2n) is 6.56. The van der Waals surface area contributed by atoms with Crippen LogP contribution in [0.25, 0.3) is 0 Å². The Bertz CT molecular complexity index is 508. The number of benzene rings is 1. The molecule has 0 spiro atoms. The molecule has 0 radical (unpaired) electrons. The predicted molar refractivity (Wildman–Crippen MR) is 78.1 cm³/mol. The van der Waals surface area contributed by atoms with Gasteiger partial charge in [-0.3, -0.25) is 4.79 Å². The molecule has 1 amide bonds. The first-order valence-electron chi connectivity index (χ1n) is 7.02. The molecule has 0 aliphatic heterocycles. The van der Waals surface area contributed by atoms with Gasteiger partial charge in [-0.2, -0.15) is 13.2 Å². The van der Waals surface area contributed by atoms with Crippen molar-refractivity contribution in [2.24, 2.45) is 5.41 Å². The molecule has 3 nitrogen and oxygen atoms in total. The fourth-order valence-electron chi connectivity index (χ4n) is 1.82. The number of hydrogen-bond donors (Lipinski definition) is 2. The number of carbonyl (C=O) groups is 1. The van der Waals surface area contributed by atoms with Crippen LogP contribution in [0.3, 0.4) is 0 Å². The van der Waals surface area contributed by atoms with Gasteiger partial charge in [0.1, 0.15) is 0 Å². The highest BCUT2D eigenvalue weighted by Gasteiger charge is 2.56. The molecule has 0 fully saturated rings. The first-order valence-corrected chi connectivity index (χ1v) is 7.02. The van der Waals surface area contributed by atoms with E-state index >= 15 is 0 Å². The summed E-state index contributed by atoms with van der Waals surface area (Å²) in [6.45, 7) is 7.31. The van der Waals surface area contributed by atoms with E-state index in [-0.39, 0.29) is 17.0 Å². The molecule has 1 aromatic rings. The number of halogens is 3. The third kappa shape index (κ3) is 4.22. The van der Waals surface area contributed by atoms with E-state index in [2.05, 4.69) is 5.32 Å². The van der Waals surface area contributed by atoms with Crippen LogP contribution in [0.5, 0.6) is 0 Å². The summed E-state index contributed by atoms with van der Waals surface area (Å²) in [6.07, 6.45) is -6.02. The molecule has 0 unspecified atom stereocenters. The maximum atomic E-state index is 13.3. The molecule has 22 heavy (non-hydrogen) atoms. The normalized spacial score (nSPS) is 16.7. The Morgan fingerprint density at radius 1 is 1.18 bits per heavy atom. The van der Waals surface area contributed by atoms with Crippen molar-refractivity contribution in [3.8, 4) is 0 Å². The molecular formula is C16H22F3NO2. The van der Waals surface area contributed by atoms with Gasteiger partial charge in [0.25, 0.3) is 0 Å². The molecule has 1 rings (SSSR count). The van der Waals surface area contributed by atoms with Crippen molar-refractivity contribution in [2.45, 2.75) is 51.9 Å². The Labute approximate surface area is 128 Å². The lowest BCUT2D eigenvalue weighted by Crippen LogP contribution is -2.49. The summed E-state index contributed by atoms with van der Waals surface area (Å²) in [6, 6.07) is 6.32. The maximum Gasteiger partial charge on any atom is 0.421 e. The van der Waals surface area contributed by atoms with Crippen LogP contribution in [-0.2, 0) is 10.4 Å². The lowest BCUT2D eigenvalue weighted by atomic mass is 9.86. The van der Waals surface area contributed by atoms with E-state index in [0.717, 1.165) is 12.1 Å². The molecule has 0 aromatic heterocycles. The lowest BCUT2D eigenvalue weighted by Gasteiger charge is -2.33. The van der Waals surface area contributed by atoms with Crippen LogP contribution < -0.4 is 5.32 Å². The van der Waals surface area contributed by atoms with Crippen molar-refractivity contribution < 1.29 is 23.1 Å². The van der Waals surface area contributed by atoms with Crippen LogP contribution in [0.15, 0.2) is 30.3 Å². The molecule has 0 aliphatic carbocycles. The first kappa shape index (κ1) is 18.5. The Morgan fingerprint density at radius 2 is 1.68 bits per heavy atom. The number of nitrogens with one attached hydrogen (secondary N) is 1. The second kappa shape index (κ2) is 6.28. The van der Waals surface area contributed by atoms with E-state index in [1.807, 2.05) is 20.8 Å². The van der Waals surface area contributed by atoms with Crippen molar-refractivity contribution in [1.29, 1.82) is 0 Å². The van der Waals surface area contributed by atoms with Crippen LogP contribution in [0.4, 0.5) is 13.2 Å². The Kier molecular flexibility index (Phi) is 5.28. The minimum atomic E-state index is -4.95. The fourth-order valence-corrected chi connectivity index (χ4v) is 1.82. The van der Waals surface area contributed by atoms with Gasteiger partial charge < -0.3 is 10.4 Å². The van der Waals surface area contributed by atoms with Crippen molar-refractivity contribution in [3.63, 3.8) is 0 Å². The standard InChI is InChI=1S/C16H22F3NO2/c1-11(14(2,3)4)20-13(21)10-15(22,16(17,18)19)12-8-6-5-7-9-12/h5-9,11,22H,10H2,1-4H3,(H,20,21)/t11-,15-/m1/s1. The molecule has 0 saturated heterocycles. The lowest BCUT2D eigenvalue weighted by molar-refractivity contribution is -0.267. The number of rotatable bonds is 4. The van der Waals surface area contributed by atoms with E-state index in [1.165, 1.54) is 12.1 Å². The molecule has 2 N–H and O–H groups in total. The average Bonchev–Trinajstić information content (AvgIpc) is 2.37. The number of hydrogen-bond acceptors (Lipinski definition) is 2. The highest BCUT2D eigenvalue weighted by Crippen LogP contribution is 2.41. The van der Waals surface area contributed by atoms with Crippen LogP contribution in [-0.4, -0.2) is 23.2 Å². The van der Waals surface area contributed by atoms with Crippen molar-refractivity contribution in [2.75, 3.05) is 0 Å². The summed E-state index contributed by atoms with van der Waals surface area (Å²) in [5, 5.41) is 12.6.